The van der Waals surface area contributed by atoms with Crippen LogP contribution >= 0.6 is 12.2 Å². The molecule has 2 N–H and O–H groups in total. The van der Waals surface area contributed by atoms with Crippen LogP contribution in [-0.4, -0.2) is 19.6 Å². The number of rotatable bonds is 2. The molecule has 0 amide bonds. The van der Waals surface area contributed by atoms with E-state index in [9.17, 15) is 4.79 Å². The van der Waals surface area contributed by atoms with E-state index < -0.39 is 0 Å². The highest BCUT2D eigenvalue weighted by atomic mass is 32.1. The molecule has 0 unspecified atom stereocenters. The monoisotopic (exact) mass is 299 g/mol. The third-order valence-electron chi connectivity index (χ3n) is 3.00. The molecule has 0 fully saturated rings. The molecule has 0 spiro atoms. The maximum atomic E-state index is 12.5. The van der Waals surface area contributed by atoms with Gasteiger partial charge in [0.25, 0.3) is 5.56 Å². The molecule has 0 radical (unpaired) electrons. The van der Waals surface area contributed by atoms with Crippen molar-refractivity contribution in [3.8, 4) is 0 Å². The predicted octanol–water partition coefficient (Wildman–Crippen LogP) is 2.34. The van der Waals surface area contributed by atoms with E-state index in [4.69, 9.17) is 12.2 Å². The highest BCUT2D eigenvalue weighted by Crippen LogP contribution is 2.07. The molecule has 0 aliphatic carbocycles. The maximum absolute atomic E-state index is 12.5. The summed E-state index contributed by atoms with van der Waals surface area (Å²) in [5.41, 5.74) is 4.95. The van der Waals surface area contributed by atoms with Crippen molar-refractivity contribution in [2.24, 2.45) is 0 Å². The lowest BCUT2D eigenvalue weighted by molar-refractivity contribution is 0.831. The van der Waals surface area contributed by atoms with E-state index in [1.165, 1.54) is 4.68 Å². The molecule has 7 heteroatoms. The number of anilines is 1. The van der Waals surface area contributed by atoms with Crippen molar-refractivity contribution in [3.63, 3.8) is 0 Å². The normalized spacial score (nSPS) is 10.8. The van der Waals surface area contributed by atoms with E-state index in [1.54, 1.807) is 12.1 Å². The molecule has 3 aromatic rings. The number of para-hydroxylation sites is 1. The van der Waals surface area contributed by atoms with Crippen LogP contribution in [0.5, 0.6) is 0 Å². The Labute approximate surface area is 125 Å². The molecule has 0 aliphatic rings. The summed E-state index contributed by atoms with van der Waals surface area (Å²) < 4.78 is 1.51. The Morgan fingerprint density at radius 2 is 1.86 bits per heavy atom. The van der Waals surface area contributed by atoms with Gasteiger partial charge in [-0.05, 0) is 44.3 Å². The average Bonchev–Trinajstić information content (AvgIpc) is 2.42. The fourth-order valence-electron chi connectivity index (χ4n) is 2.14. The SMILES string of the molecule is Cc1cc(C)nc(Nn2c(=S)[nH]c3ccccc3c2=O)n1. The van der Waals surface area contributed by atoms with Crippen LogP contribution in [0.15, 0.2) is 35.1 Å². The third kappa shape index (κ3) is 2.55. The molecule has 1 aromatic carbocycles. The first kappa shape index (κ1) is 13.4. The molecule has 2 heterocycles. The molecule has 2 aromatic heterocycles. The standard InChI is InChI=1S/C14H13N5OS/c1-8-7-9(2)16-13(15-8)18-19-12(20)10-5-3-4-6-11(10)17-14(19)21/h3-7H,1-2H3,(H,17,21)(H,15,16,18). The molecule has 0 aliphatic heterocycles. The number of aromatic amines is 1. The second-order valence-electron chi connectivity index (χ2n) is 4.70. The van der Waals surface area contributed by atoms with Crippen LogP contribution in [0.2, 0.25) is 0 Å². The molecular weight excluding hydrogens is 286 g/mol. The molecule has 0 bridgehead atoms. The van der Waals surface area contributed by atoms with Gasteiger partial charge in [-0.25, -0.2) is 9.97 Å². The summed E-state index contributed by atoms with van der Waals surface area (Å²) in [6, 6.07) is 9.05. The zero-order chi connectivity index (χ0) is 15.0. The van der Waals surface area contributed by atoms with Crippen molar-refractivity contribution in [3.05, 3.63) is 56.8 Å². The largest absolute Gasteiger partial charge is 0.330 e. The van der Waals surface area contributed by atoms with Crippen LogP contribution in [0.1, 0.15) is 11.4 Å². The zero-order valence-corrected chi connectivity index (χ0v) is 12.4. The molecule has 0 saturated heterocycles. The Morgan fingerprint density at radius 3 is 2.57 bits per heavy atom. The molecule has 6 nitrogen and oxygen atoms in total. The van der Waals surface area contributed by atoms with Crippen LogP contribution < -0.4 is 11.0 Å². The number of H-pyrrole nitrogens is 1. The summed E-state index contributed by atoms with van der Waals surface area (Å²) in [5, 5.41) is 0.544. The third-order valence-corrected chi connectivity index (χ3v) is 3.28. The van der Waals surface area contributed by atoms with Crippen LogP contribution in [0.4, 0.5) is 5.95 Å². The number of aryl methyl sites for hydroxylation is 2. The maximum Gasteiger partial charge on any atom is 0.281 e. The predicted molar refractivity (Wildman–Crippen MR) is 83.9 cm³/mol. The minimum atomic E-state index is -0.239. The number of nitrogens with one attached hydrogen (secondary N) is 2. The van der Waals surface area contributed by atoms with Gasteiger partial charge in [-0.2, -0.15) is 4.68 Å². The Hall–Kier alpha value is -2.54. The minimum absolute atomic E-state index is 0.239. The summed E-state index contributed by atoms with van der Waals surface area (Å²) in [6.07, 6.45) is 0. The van der Waals surface area contributed by atoms with Crippen molar-refractivity contribution in [2.45, 2.75) is 13.8 Å². The van der Waals surface area contributed by atoms with Gasteiger partial charge in [0.05, 0.1) is 10.9 Å². The fourth-order valence-corrected chi connectivity index (χ4v) is 2.38. The smallest absolute Gasteiger partial charge is 0.281 e. The Morgan fingerprint density at radius 1 is 1.19 bits per heavy atom. The van der Waals surface area contributed by atoms with Gasteiger partial charge >= 0.3 is 0 Å². The molecule has 106 valence electrons. The first-order chi connectivity index (χ1) is 10.0. The Balaban J connectivity index is 2.17. The summed E-state index contributed by atoms with van der Waals surface area (Å²) >= 11 is 5.22. The van der Waals surface area contributed by atoms with Gasteiger partial charge in [0, 0.05) is 11.4 Å². The number of aromatic nitrogens is 4. The highest BCUT2D eigenvalue weighted by Gasteiger charge is 2.07. The number of benzene rings is 1. The number of hydrogen-bond acceptors (Lipinski definition) is 5. The van der Waals surface area contributed by atoms with Gasteiger partial charge in [-0.3, -0.25) is 10.2 Å². The lowest BCUT2D eigenvalue weighted by atomic mass is 10.2. The van der Waals surface area contributed by atoms with Gasteiger partial charge in [0.15, 0.2) is 4.77 Å². The van der Waals surface area contributed by atoms with E-state index in [2.05, 4.69) is 20.4 Å². The average molecular weight is 299 g/mol. The van der Waals surface area contributed by atoms with Gasteiger partial charge in [0.1, 0.15) is 0 Å². The minimum Gasteiger partial charge on any atom is -0.330 e. The van der Waals surface area contributed by atoms with Crippen molar-refractivity contribution in [1.82, 2.24) is 19.6 Å². The van der Waals surface area contributed by atoms with Gasteiger partial charge in [0.2, 0.25) is 5.95 Å². The molecule has 0 atom stereocenters. The quantitative estimate of drug-likeness (QED) is 0.710. The molecular formula is C14H13N5OS. The molecule has 21 heavy (non-hydrogen) atoms. The fraction of sp³-hybridized carbons (Fsp3) is 0.143. The van der Waals surface area contributed by atoms with E-state index in [-0.39, 0.29) is 10.3 Å². The van der Waals surface area contributed by atoms with E-state index >= 15 is 0 Å². The zero-order valence-electron chi connectivity index (χ0n) is 11.5. The molecule has 3 rings (SSSR count). The first-order valence-corrected chi connectivity index (χ1v) is 6.79. The number of hydrogen-bond donors (Lipinski definition) is 2. The number of nitrogens with zero attached hydrogens (tertiary/aromatic N) is 3. The summed E-state index contributed by atoms with van der Waals surface area (Å²) in [4.78, 5) is 24.0. The van der Waals surface area contributed by atoms with E-state index in [0.717, 1.165) is 11.4 Å². The van der Waals surface area contributed by atoms with Crippen molar-refractivity contribution >= 4 is 29.1 Å². The molecule has 0 saturated carbocycles. The second kappa shape index (κ2) is 5.10. The summed E-state index contributed by atoms with van der Waals surface area (Å²) in [7, 11) is 0. The van der Waals surface area contributed by atoms with Gasteiger partial charge < -0.3 is 4.98 Å². The Bertz CT molecular complexity index is 924. The van der Waals surface area contributed by atoms with Crippen LogP contribution in [0, 0.1) is 18.6 Å². The van der Waals surface area contributed by atoms with Crippen LogP contribution in [0.25, 0.3) is 10.9 Å². The lowest BCUT2D eigenvalue weighted by Crippen LogP contribution is -2.29. The van der Waals surface area contributed by atoms with Crippen molar-refractivity contribution in [2.75, 3.05) is 5.43 Å². The van der Waals surface area contributed by atoms with Gasteiger partial charge in [-0.1, -0.05) is 12.1 Å². The van der Waals surface area contributed by atoms with Crippen LogP contribution in [0.3, 0.4) is 0 Å². The first-order valence-electron chi connectivity index (χ1n) is 6.38. The van der Waals surface area contributed by atoms with Crippen LogP contribution in [-0.2, 0) is 0 Å². The van der Waals surface area contributed by atoms with Gasteiger partial charge in [-0.15, -0.1) is 0 Å². The van der Waals surface area contributed by atoms with Crippen molar-refractivity contribution in [1.29, 1.82) is 0 Å². The number of fused-ring (bicyclic) bond motifs is 1. The topological polar surface area (TPSA) is 75.6 Å². The summed E-state index contributed by atoms with van der Waals surface area (Å²) in [5.74, 6) is 0.337. The Kier molecular flexibility index (Phi) is 3.26. The van der Waals surface area contributed by atoms with E-state index in [0.29, 0.717) is 16.9 Å². The summed E-state index contributed by atoms with van der Waals surface area (Å²) in [6.45, 7) is 3.73. The van der Waals surface area contributed by atoms with E-state index in [1.807, 2.05) is 32.0 Å². The lowest BCUT2D eigenvalue weighted by Gasteiger charge is -2.10. The second-order valence-corrected chi connectivity index (χ2v) is 5.09. The van der Waals surface area contributed by atoms with Crippen molar-refractivity contribution < 1.29 is 0 Å². The highest BCUT2D eigenvalue weighted by molar-refractivity contribution is 7.71.